The minimum atomic E-state index is -2.61. The molecule has 0 spiro atoms. The predicted octanol–water partition coefficient (Wildman–Crippen LogP) is 4.74. The van der Waals surface area contributed by atoms with Gasteiger partial charge in [-0.15, -0.1) is 6.58 Å². The molecule has 0 radical (unpaired) electrons. The first kappa shape index (κ1) is 30.9. The fourth-order valence-electron chi connectivity index (χ4n) is 3.56. The molecule has 7 nitrogen and oxygen atoms in total. The van der Waals surface area contributed by atoms with Crippen LogP contribution < -0.4 is 0 Å². The first-order valence-electron chi connectivity index (χ1n) is 12.2. The number of nitrogens with zero attached hydrogens (tertiary/aromatic N) is 1. The van der Waals surface area contributed by atoms with Crippen LogP contribution in [0, 0.1) is 0 Å². The van der Waals surface area contributed by atoms with Crippen LogP contribution >= 0.6 is 0 Å². The molecule has 31 heavy (non-hydrogen) atoms. The monoisotopic (exact) mass is 479 g/mol. The molecule has 0 aliphatic rings. The molecule has 0 aromatic carbocycles. The van der Waals surface area contributed by atoms with E-state index in [4.69, 9.17) is 26.6 Å². The molecule has 0 aromatic heterocycles. The zero-order chi connectivity index (χ0) is 23.4. The summed E-state index contributed by atoms with van der Waals surface area (Å²) in [5, 5.41) is 0. The van der Waals surface area contributed by atoms with E-state index < -0.39 is 17.6 Å². The van der Waals surface area contributed by atoms with Crippen LogP contribution in [0.4, 0.5) is 0 Å². The minimum Gasteiger partial charge on any atom is -0.374 e. The van der Waals surface area contributed by atoms with Crippen molar-refractivity contribution >= 4 is 17.6 Å². The summed E-state index contributed by atoms with van der Waals surface area (Å²) in [6.45, 7) is 22.5. The second-order valence-electron chi connectivity index (χ2n) is 7.18. The van der Waals surface area contributed by atoms with Gasteiger partial charge in [0.1, 0.15) is 0 Å². The molecular formula is C22H49NO6Si2. The molecule has 186 valence electrons. The molecule has 0 amide bonds. The Balaban J connectivity index is 4.83. The standard InChI is InChI=1S/C22H49NO6Si2/c1-8-17-23(18-15-21-30(24-10-3,25-11-4)26-12-5)19-16-22-31(27-13-6,28-14-7)29-20-9-2/h8H,1,9-22H2,2-7H3. The summed E-state index contributed by atoms with van der Waals surface area (Å²) in [7, 11) is -5.19. The van der Waals surface area contributed by atoms with Gasteiger partial charge in [-0.2, -0.15) is 0 Å². The van der Waals surface area contributed by atoms with E-state index in [0.29, 0.717) is 39.6 Å². The van der Waals surface area contributed by atoms with Crippen molar-refractivity contribution in [2.24, 2.45) is 0 Å². The van der Waals surface area contributed by atoms with Crippen LogP contribution in [-0.2, 0) is 26.6 Å². The Kier molecular flexibility index (Phi) is 19.3. The molecule has 0 N–H and O–H groups in total. The maximum absolute atomic E-state index is 6.12. The summed E-state index contributed by atoms with van der Waals surface area (Å²) in [6.07, 6.45) is 4.85. The quantitative estimate of drug-likeness (QED) is 0.155. The summed E-state index contributed by atoms with van der Waals surface area (Å²) in [6, 6.07) is 1.66. The van der Waals surface area contributed by atoms with Crippen molar-refractivity contribution in [2.75, 3.05) is 59.3 Å². The highest BCUT2D eigenvalue weighted by molar-refractivity contribution is 6.61. The highest BCUT2D eigenvalue weighted by Crippen LogP contribution is 2.21. The molecule has 0 saturated heterocycles. The number of hydrogen-bond donors (Lipinski definition) is 0. The van der Waals surface area contributed by atoms with Gasteiger partial charge in [0.15, 0.2) is 0 Å². The van der Waals surface area contributed by atoms with E-state index in [9.17, 15) is 0 Å². The average Bonchev–Trinajstić information content (AvgIpc) is 2.73. The Hall–Kier alpha value is -0.106. The van der Waals surface area contributed by atoms with Gasteiger partial charge in [0, 0.05) is 58.3 Å². The Morgan fingerprint density at radius 2 is 1.03 bits per heavy atom. The lowest BCUT2D eigenvalue weighted by Crippen LogP contribution is -2.47. The van der Waals surface area contributed by atoms with Gasteiger partial charge in [-0.1, -0.05) is 13.0 Å². The van der Waals surface area contributed by atoms with E-state index in [0.717, 1.165) is 51.0 Å². The second-order valence-corrected chi connectivity index (χ2v) is 12.6. The zero-order valence-corrected chi connectivity index (χ0v) is 23.1. The Labute approximate surface area is 194 Å². The van der Waals surface area contributed by atoms with Crippen molar-refractivity contribution in [1.82, 2.24) is 4.90 Å². The molecule has 0 aliphatic carbocycles. The summed E-state index contributed by atoms with van der Waals surface area (Å²) in [4.78, 5) is 2.41. The zero-order valence-electron chi connectivity index (χ0n) is 21.1. The van der Waals surface area contributed by atoms with E-state index in [1.807, 2.05) is 40.7 Å². The molecule has 0 fully saturated rings. The Bertz CT molecular complexity index is 408. The first-order valence-corrected chi connectivity index (χ1v) is 16.0. The van der Waals surface area contributed by atoms with Crippen molar-refractivity contribution in [1.29, 1.82) is 0 Å². The van der Waals surface area contributed by atoms with Gasteiger partial charge < -0.3 is 26.6 Å². The van der Waals surface area contributed by atoms with Crippen molar-refractivity contribution < 1.29 is 26.6 Å². The van der Waals surface area contributed by atoms with Crippen LogP contribution in [-0.4, -0.2) is 81.8 Å². The lowest BCUT2D eigenvalue weighted by molar-refractivity contribution is 0.0658. The normalized spacial score (nSPS) is 12.6. The van der Waals surface area contributed by atoms with Gasteiger partial charge in [0.2, 0.25) is 0 Å². The van der Waals surface area contributed by atoms with Crippen LogP contribution in [0.5, 0.6) is 0 Å². The fourth-order valence-corrected chi connectivity index (χ4v) is 8.82. The van der Waals surface area contributed by atoms with Crippen LogP contribution in [0.1, 0.15) is 60.8 Å². The van der Waals surface area contributed by atoms with E-state index in [-0.39, 0.29) is 0 Å². The molecule has 0 saturated carbocycles. The van der Waals surface area contributed by atoms with Gasteiger partial charge in [0.25, 0.3) is 0 Å². The van der Waals surface area contributed by atoms with Gasteiger partial charge >= 0.3 is 17.6 Å². The fraction of sp³-hybridized carbons (Fsp3) is 0.909. The van der Waals surface area contributed by atoms with Gasteiger partial charge in [-0.25, -0.2) is 0 Å². The predicted molar refractivity (Wildman–Crippen MR) is 131 cm³/mol. The largest absolute Gasteiger partial charge is 0.500 e. The van der Waals surface area contributed by atoms with Gasteiger partial charge in [-0.3, -0.25) is 4.90 Å². The van der Waals surface area contributed by atoms with E-state index >= 15 is 0 Å². The molecule has 0 atom stereocenters. The SMILES string of the molecule is C=CCN(CCC[Si](OCC)(OCC)OCC)CCC[Si](OCC)(OCC)OCCC. The van der Waals surface area contributed by atoms with Crippen LogP contribution in [0.25, 0.3) is 0 Å². The Morgan fingerprint density at radius 3 is 1.35 bits per heavy atom. The summed E-state index contributed by atoms with van der Waals surface area (Å²) in [5.41, 5.74) is 0. The summed E-state index contributed by atoms with van der Waals surface area (Å²) in [5.74, 6) is 0. The lowest BCUT2D eigenvalue weighted by Gasteiger charge is -2.31. The lowest BCUT2D eigenvalue weighted by atomic mass is 10.3. The van der Waals surface area contributed by atoms with Crippen molar-refractivity contribution in [2.45, 2.75) is 72.9 Å². The topological polar surface area (TPSA) is 58.6 Å². The third-order valence-corrected chi connectivity index (χ3v) is 10.9. The molecule has 0 aliphatic heterocycles. The first-order chi connectivity index (χ1) is 15.0. The smallest absolute Gasteiger partial charge is 0.374 e. The molecule has 0 aromatic rings. The minimum absolute atomic E-state index is 0.613. The summed E-state index contributed by atoms with van der Waals surface area (Å²) < 4.78 is 36.1. The molecule has 9 heteroatoms. The molecule has 0 bridgehead atoms. The van der Waals surface area contributed by atoms with Crippen molar-refractivity contribution in [3.8, 4) is 0 Å². The van der Waals surface area contributed by atoms with E-state index in [1.165, 1.54) is 0 Å². The summed E-state index contributed by atoms with van der Waals surface area (Å²) >= 11 is 0. The Morgan fingerprint density at radius 1 is 0.645 bits per heavy atom. The average molecular weight is 480 g/mol. The van der Waals surface area contributed by atoms with Crippen molar-refractivity contribution in [3.63, 3.8) is 0 Å². The van der Waals surface area contributed by atoms with E-state index in [2.05, 4.69) is 18.4 Å². The molecular weight excluding hydrogens is 430 g/mol. The molecule has 0 rings (SSSR count). The number of rotatable bonds is 23. The van der Waals surface area contributed by atoms with Gasteiger partial charge in [-0.05, 0) is 67.0 Å². The molecule has 0 heterocycles. The highest BCUT2D eigenvalue weighted by Gasteiger charge is 2.41. The maximum Gasteiger partial charge on any atom is 0.500 e. The van der Waals surface area contributed by atoms with Gasteiger partial charge in [0.05, 0.1) is 0 Å². The van der Waals surface area contributed by atoms with Crippen LogP contribution in [0.15, 0.2) is 12.7 Å². The van der Waals surface area contributed by atoms with E-state index in [1.54, 1.807) is 0 Å². The van der Waals surface area contributed by atoms with Crippen LogP contribution in [0.3, 0.4) is 0 Å². The third-order valence-electron chi connectivity index (χ3n) is 4.65. The van der Waals surface area contributed by atoms with Crippen LogP contribution in [0.2, 0.25) is 12.1 Å². The third kappa shape index (κ3) is 13.3. The maximum atomic E-state index is 6.12. The van der Waals surface area contributed by atoms with Crippen molar-refractivity contribution in [3.05, 3.63) is 12.7 Å². The molecule has 0 unspecified atom stereocenters. The second kappa shape index (κ2) is 19.4. The number of hydrogen-bond acceptors (Lipinski definition) is 7. The highest BCUT2D eigenvalue weighted by atomic mass is 28.4.